The van der Waals surface area contributed by atoms with Crippen LogP contribution in [-0.2, 0) is 33.3 Å². The first-order valence-corrected chi connectivity index (χ1v) is 23.4. The van der Waals surface area contributed by atoms with Crippen LogP contribution in [0.15, 0.2) is 102 Å². The van der Waals surface area contributed by atoms with Crippen molar-refractivity contribution in [2.75, 3.05) is 31.0 Å². The fourth-order valence-electron chi connectivity index (χ4n) is 10.2. The Bertz CT molecular complexity index is 2170. The molecule has 3 aromatic carbocycles. The van der Waals surface area contributed by atoms with Gasteiger partial charge in [-0.25, -0.2) is 9.59 Å². The number of Topliss-reactive ketones (excluding diaryl/α,β-unsaturated/α-hetero) is 1. The maximum absolute atomic E-state index is 15.3. The van der Waals surface area contributed by atoms with Gasteiger partial charge in [0.2, 0.25) is 0 Å². The summed E-state index contributed by atoms with van der Waals surface area (Å²) in [6.45, 7) is 6.27. The van der Waals surface area contributed by atoms with Gasteiger partial charge in [-0.2, -0.15) is 0 Å². The molecule has 4 N–H and O–H groups in total. The molecule has 1 amide bonds. The Morgan fingerprint density at radius 2 is 1.44 bits per heavy atom. The molecule has 11 atom stereocenters. The molecule has 17 heteroatoms. The van der Waals surface area contributed by atoms with Gasteiger partial charge in [0, 0.05) is 118 Å². The SMILES string of the molecule is CSCOC(C(=O)OC1CC2(O)C(OC(=O)c3ccccc3)C3[C@]4(O)COC4CC(OCSC)[C@@]3(C)C(=O)C(O)C(=C1C)C2(C)C)C(NC(=O)c1ccccc1)c1ccccc1.[Ac].[Ac]. The molecule has 0 aromatic heterocycles. The molecular weight excluding hydrogens is 1290 g/mol. The molecule has 3 aromatic rings. The van der Waals surface area contributed by atoms with Crippen molar-refractivity contribution < 1.29 is 146 Å². The average Bonchev–Trinajstić information content (AvgIpc) is 3.26. The number of ether oxygens (including phenoxy) is 5. The van der Waals surface area contributed by atoms with Crippen molar-refractivity contribution in [1.29, 1.82) is 0 Å². The first-order valence-electron chi connectivity index (χ1n) is 20.6. The number of aliphatic hydroxyl groups is 3. The van der Waals surface area contributed by atoms with Gasteiger partial charge in [0.25, 0.3) is 5.91 Å². The minimum Gasteiger partial charge on any atom is -0.456 e. The van der Waals surface area contributed by atoms with E-state index in [1.165, 1.54) is 23.5 Å². The topological polar surface area (TPSA) is 187 Å². The van der Waals surface area contributed by atoms with Gasteiger partial charge in [0.15, 0.2) is 11.9 Å². The second-order valence-electron chi connectivity index (χ2n) is 17.3. The van der Waals surface area contributed by atoms with Crippen molar-refractivity contribution in [3.8, 4) is 0 Å². The normalized spacial score (nSPS) is 31.1. The van der Waals surface area contributed by atoms with Crippen LogP contribution in [-0.4, -0.2) is 118 Å². The number of carbonyl (C=O) groups excluding carboxylic acids is 4. The van der Waals surface area contributed by atoms with Crippen LogP contribution in [0, 0.1) is 105 Å². The third kappa shape index (κ3) is 9.83. The van der Waals surface area contributed by atoms with Gasteiger partial charge in [0.05, 0.1) is 47.7 Å². The summed E-state index contributed by atoms with van der Waals surface area (Å²) in [4.78, 5) is 58.0. The van der Waals surface area contributed by atoms with E-state index in [1.807, 2.05) is 6.26 Å². The van der Waals surface area contributed by atoms with Crippen LogP contribution in [0.4, 0.5) is 0 Å². The summed E-state index contributed by atoms with van der Waals surface area (Å²) in [5, 5.41) is 41.7. The van der Waals surface area contributed by atoms with E-state index in [4.69, 9.17) is 23.7 Å². The van der Waals surface area contributed by atoms with Crippen LogP contribution < -0.4 is 5.32 Å². The number of hydrogen-bond donors (Lipinski definition) is 4. The van der Waals surface area contributed by atoms with Crippen molar-refractivity contribution in [3.05, 3.63) is 119 Å². The molecule has 7 rings (SSSR count). The number of amides is 1. The van der Waals surface area contributed by atoms with E-state index in [-0.39, 0.29) is 131 Å². The standard InChI is InChI=1S/C47H55NO12S2.2Ac/c1-27-31(59-43(53)37(58-26-62-6)35(28-16-10-7-11-17-28)48-41(51)29-18-12-8-13-19-29)23-47(55)40(60-42(52)30-20-14-9-15-21-30)38-45(4,39(50)36(49)34(27)44(47,2)3)32(57-25-61-5)22-33-46(38,54)24-56-33;;/h7-21,31-33,35-38,40,49,54-55H,22-26H2,1-6H3,(H,48,51);;/t31?,32?,33?,35?,36?,37?,38?,40?,45-,46+,47?;;/m1../s1. The van der Waals surface area contributed by atoms with Crippen LogP contribution in [0.3, 0.4) is 0 Å². The molecule has 3 aliphatic carbocycles. The smallest absolute Gasteiger partial charge is 0.338 e. The summed E-state index contributed by atoms with van der Waals surface area (Å²) in [7, 11) is 0. The molecule has 13 nitrogen and oxygen atoms in total. The Hall–Kier alpha value is -1.18. The zero-order valence-electron chi connectivity index (χ0n) is 36.8. The fourth-order valence-corrected chi connectivity index (χ4v) is 10.8. The number of thioether (sulfide) groups is 2. The monoisotopic (exact) mass is 1340 g/mol. The van der Waals surface area contributed by atoms with Crippen LogP contribution in [0.5, 0.6) is 0 Å². The molecule has 1 heterocycles. The summed E-state index contributed by atoms with van der Waals surface area (Å²) < 4.78 is 31.2. The predicted molar refractivity (Wildman–Crippen MR) is 233 cm³/mol. The maximum atomic E-state index is 15.3. The Morgan fingerprint density at radius 1 is 0.859 bits per heavy atom. The number of rotatable bonds is 14. The molecule has 1 aliphatic heterocycles. The number of nitrogens with one attached hydrogen (secondary N) is 1. The van der Waals surface area contributed by atoms with Gasteiger partial charge < -0.3 is 44.3 Å². The van der Waals surface area contributed by atoms with E-state index in [1.54, 1.807) is 125 Å². The summed E-state index contributed by atoms with van der Waals surface area (Å²) in [6, 6.07) is 24.5. The van der Waals surface area contributed by atoms with E-state index in [0.29, 0.717) is 16.7 Å². The minimum absolute atomic E-state index is 0. The first-order chi connectivity index (χ1) is 29.5. The van der Waals surface area contributed by atoms with Crippen LogP contribution in [0.25, 0.3) is 0 Å². The Kier molecular flexibility index (Phi) is 18.5. The molecular formula is C47H55Ac2NO12S2. The average molecular weight is 1340 g/mol. The number of hydrogen-bond acceptors (Lipinski definition) is 14. The Balaban J connectivity index is 0.00000385. The van der Waals surface area contributed by atoms with E-state index in [0.717, 1.165) is 0 Å². The van der Waals surface area contributed by atoms with Gasteiger partial charge in [0.1, 0.15) is 29.5 Å². The van der Waals surface area contributed by atoms with Crippen molar-refractivity contribution in [2.45, 2.75) is 94.4 Å². The summed E-state index contributed by atoms with van der Waals surface area (Å²) in [6.07, 6.45) is -4.72. The molecule has 4 aliphatic rings. The first kappa shape index (κ1) is 53.8. The number of ketones is 1. The largest absolute Gasteiger partial charge is 0.456 e. The second kappa shape index (κ2) is 22.1. The summed E-state index contributed by atoms with van der Waals surface area (Å²) >= 11 is 2.69. The number of benzene rings is 3. The molecule has 0 spiro atoms. The van der Waals surface area contributed by atoms with E-state index < -0.39 is 94.2 Å². The van der Waals surface area contributed by atoms with Crippen molar-refractivity contribution in [1.82, 2.24) is 5.32 Å². The zero-order valence-corrected chi connectivity index (χ0v) is 47.9. The van der Waals surface area contributed by atoms with E-state index in [9.17, 15) is 29.7 Å². The molecule has 1 saturated heterocycles. The molecule has 9 unspecified atom stereocenters. The van der Waals surface area contributed by atoms with Gasteiger partial charge >= 0.3 is 11.9 Å². The van der Waals surface area contributed by atoms with Crippen molar-refractivity contribution in [3.63, 3.8) is 0 Å². The fraction of sp³-hybridized carbons (Fsp3) is 0.489. The predicted octanol–water partition coefficient (Wildman–Crippen LogP) is 5.28. The number of esters is 2. The molecule has 338 valence electrons. The van der Waals surface area contributed by atoms with Crippen molar-refractivity contribution in [2.24, 2.45) is 16.7 Å². The van der Waals surface area contributed by atoms with E-state index >= 15 is 4.79 Å². The van der Waals surface area contributed by atoms with Crippen LogP contribution in [0.2, 0.25) is 0 Å². The molecule has 2 bridgehead atoms. The second-order valence-corrected chi connectivity index (χ2v) is 18.9. The zero-order chi connectivity index (χ0) is 44.6. The Morgan fingerprint density at radius 3 is 2.00 bits per heavy atom. The quantitative estimate of drug-likeness (QED) is 0.0928. The molecule has 2 saturated carbocycles. The van der Waals surface area contributed by atoms with Crippen molar-refractivity contribution >= 4 is 47.2 Å². The number of fused-ring (bicyclic) bond motifs is 5. The van der Waals surface area contributed by atoms with Crippen LogP contribution >= 0.6 is 23.5 Å². The summed E-state index contributed by atoms with van der Waals surface area (Å²) in [5.41, 5.74) is -5.85. The van der Waals surface area contributed by atoms with Gasteiger partial charge in [-0.1, -0.05) is 80.6 Å². The van der Waals surface area contributed by atoms with Gasteiger partial charge in [-0.15, -0.1) is 23.5 Å². The maximum Gasteiger partial charge on any atom is 0.338 e. The third-order valence-electron chi connectivity index (χ3n) is 13.6. The molecule has 64 heavy (non-hydrogen) atoms. The Labute approximate surface area is 454 Å². The number of aliphatic hydroxyl groups excluding tert-OH is 1. The molecule has 3 fully saturated rings. The summed E-state index contributed by atoms with van der Waals surface area (Å²) in [5.74, 6) is -4.07. The van der Waals surface area contributed by atoms with Gasteiger partial charge in [-0.05, 0) is 67.3 Å². The van der Waals surface area contributed by atoms with Crippen LogP contribution in [0.1, 0.15) is 72.9 Å². The van der Waals surface area contributed by atoms with E-state index in [2.05, 4.69) is 5.32 Å². The minimum atomic E-state index is -2.22. The van der Waals surface area contributed by atoms with Gasteiger partial charge in [-0.3, -0.25) is 9.59 Å². The third-order valence-corrected chi connectivity index (χ3v) is 14.4. The number of carbonyl (C=O) groups is 4. The molecule has 2 radical (unpaired) electrons.